The van der Waals surface area contributed by atoms with Gasteiger partial charge in [-0.05, 0) is 61.1 Å². The van der Waals surface area contributed by atoms with Crippen molar-refractivity contribution in [1.29, 1.82) is 0 Å². The second-order valence-corrected chi connectivity index (χ2v) is 6.80. The quantitative estimate of drug-likeness (QED) is 0.879. The molecule has 18 heavy (non-hydrogen) atoms. The third kappa shape index (κ3) is 2.35. The first kappa shape index (κ1) is 12.6. The molecule has 3 heteroatoms. The first-order valence-corrected chi connectivity index (χ1v) is 7.63. The highest BCUT2D eigenvalue weighted by Crippen LogP contribution is 2.50. The Bertz CT molecular complexity index is 448. The molecule has 1 nitrogen and oxygen atoms in total. The molecular formula is C15H19BrFN. The van der Waals surface area contributed by atoms with Crippen LogP contribution >= 0.6 is 15.9 Å². The van der Waals surface area contributed by atoms with E-state index in [1.165, 1.54) is 37.8 Å². The van der Waals surface area contributed by atoms with E-state index in [9.17, 15) is 4.39 Å². The van der Waals surface area contributed by atoms with Crippen LogP contribution in [0.1, 0.15) is 43.7 Å². The lowest BCUT2D eigenvalue weighted by atomic mass is 9.83. The van der Waals surface area contributed by atoms with Crippen molar-refractivity contribution >= 4 is 15.9 Å². The predicted molar refractivity (Wildman–Crippen MR) is 74.6 cm³/mol. The number of fused-ring (bicyclic) bond motifs is 2. The molecular weight excluding hydrogens is 293 g/mol. The molecule has 1 aromatic rings. The summed E-state index contributed by atoms with van der Waals surface area (Å²) in [5, 5.41) is 0. The van der Waals surface area contributed by atoms with E-state index < -0.39 is 0 Å². The second kappa shape index (κ2) is 4.93. The number of hydrogen-bond acceptors (Lipinski definition) is 1. The Hall–Kier alpha value is -0.410. The van der Waals surface area contributed by atoms with Crippen LogP contribution in [0.25, 0.3) is 0 Å². The zero-order valence-electron chi connectivity index (χ0n) is 10.4. The summed E-state index contributed by atoms with van der Waals surface area (Å²) >= 11 is 3.42. The van der Waals surface area contributed by atoms with Crippen molar-refractivity contribution in [2.24, 2.45) is 23.5 Å². The summed E-state index contributed by atoms with van der Waals surface area (Å²) in [7, 11) is 0. The Morgan fingerprint density at radius 2 is 2.17 bits per heavy atom. The molecule has 0 heterocycles. The fourth-order valence-corrected chi connectivity index (χ4v) is 4.57. The van der Waals surface area contributed by atoms with Gasteiger partial charge in [-0.1, -0.05) is 28.4 Å². The van der Waals surface area contributed by atoms with Crippen LogP contribution in [0.3, 0.4) is 0 Å². The minimum atomic E-state index is -0.210. The van der Waals surface area contributed by atoms with Gasteiger partial charge in [0, 0.05) is 10.5 Å². The zero-order chi connectivity index (χ0) is 12.7. The molecule has 3 rings (SSSR count). The molecule has 98 valence electrons. The van der Waals surface area contributed by atoms with Crippen LogP contribution in [-0.2, 0) is 0 Å². The van der Waals surface area contributed by atoms with Gasteiger partial charge in [0.2, 0.25) is 0 Å². The van der Waals surface area contributed by atoms with Crippen molar-refractivity contribution in [2.75, 3.05) is 0 Å². The van der Waals surface area contributed by atoms with Crippen molar-refractivity contribution in [2.45, 2.75) is 38.1 Å². The van der Waals surface area contributed by atoms with E-state index in [2.05, 4.69) is 15.9 Å². The van der Waals surface area contributed by atoms with E-state index in [1.54, 1.807) is 0 Å². The van der Waals surface area contributed by atoms with Crippen LogP contribution in [0, 0.1) is 23.6 Å². The van der Waals surface area contributed by atoms with Crippen molar-refractivity contribution in [3.63, 3.8) is 0 Å². The number of nitrogens with two attached hydrogens (primary N) is 1. The smallest absolute Gasteiger partial charge is 0.124 e. The fourth-order valence-electron chi connectivity index (χ4n) is 3.92. The molecule has 2 N–H and O–H groups in total. The first-order valence-electron chi connectivity index (χ1n) is 6.84. The maximum Gasteiger partial charge on any atom is 0.124 e. The number of benzene rings is 1. The van der Waals surface area contributed by atoms with Gasteiger partial charge in [-0.3, -0.25) is 0 Å². The summed E-state index contributed by atoms with van der Waals surface area (Å²) in [5.41, 5.74) is 7.35. The summed E-state index contributed by atoms with van der Waals surface area (Å²) in [5.74, 6) is 2.44. The monoisotopic (exact) mass is 311 g/mol. The van der Waals surface area contributed by atoms with E-state index in [4.69, 9.17) is 5.73 Å². The molecule has 1 aromatic carbocycles. The minimum Gasteiger partial charge on any atom is -0.324 e. The predicted octanol–water partition coefficient (Wildman–Crippen LogP) is 4.41. The Morgan fingerprint density at radius 1 is 1.33 bits per heavy atom. The molecule has 0 aliphatic heterocycles. The summed E-state index contributed by atoms with van der Waals surface area (Å²) in [6, 6.07) is 4.86. The van der Waals surface area contributed by atoms with Crippen molar-refractivity contribution in [1.82, 2.24) is 0 Å². The standard InChI is InChI=1S/C15H19BrFN/c16-14-8-12(17)3-4-13(14)15(18)7-11-6-9-1-2-10(11)5-9/h3-4,8-11,15H,1-2,5-7,18H2. The van der Waals surface area contributed by atoms with Crippen LogP contribution in [0.15, 0.2) is 22.7 Å². The van der Waals surface area contributed by atoms with E-state index in [1.807, 2.05) is 6.07 Å². The first-order chi connectivity index (χ1) is 8.63. The van der Waals surface area contributed by atoms with Crippen molar-refractivity contribution in [3.8, 4) is 0 Å². The summed E-state index contributed by atoms with van der Waals surface area (Å²) < 4.78 is 13.9. The molecule has 2 fully saturated rings. The van der Waals surface area contributed by atoms with Gasteiger partial charge in [-0.2, -0.15) is 0 Å². The normalized spacial score (nSPS) is 31.8. The highest BCUT2D eigenvalue weighted by molar-refractivity contribution is 9.10. The maximum absolute atomic E-state index is 13.1. The van der Waals surface area contributed by atoms with Gasteiger partial charge in [0.25, 0.3) is 0 Å². The largest absolute Gasteiger partial charge is 0.324 e. The number of hydrogen-bond donors (Lipinski definition) is 1. The Labute approximate surface area is 116 Å². The molecule has 0 spiro atoms. The van der Waals surface area contributed by atoms with Crippen molar-refractivity contribution in [3.05, 3.63) is 34.1 Å². The van der Waals surface area contributed by atoms with Gasteiger partial charge < -0.3 is 5.73 Å². The summed E-state index contributed by atoms with van der Waals surface area (Å²) in [6.07, 6.45) is 6.65. The molecule has 4 atom stereocenters. The average Bonchev–Trinajstić information content (AvgIpc) is 2.90. The average molecular weight is 312 g/mol. The molecule has 0 saturated heterocycles. The molecule has 4 unspecified atom stereocenters. The molecule has 2 aliphatic carbocycles. The lowest BCUT2D eigenvalue weighted by molar-refractivity contribution is 0.296. The van der Waals surface area contributed by atoms with E-state index in [0.29, 0.717) is 0 Å². The molecule has 2 saturated carbocycles. The van der Waals surface area contributed by atoms with Crippen LogP contribution in [0.2, 0.25) is 0 Å². The van der Waals surface area contributed by atoms with Gasteiger partial charge in [0.1, 0.15) is 5.82 Å². The molecule has 2 aliphatic rings. The number of halogens is 2. The molecule has 0 amide bonds. The number of rotatable bonds is 3. The van der Waals surface area contributed by atoms with E-state index in [0.717, 1.165) is 34.2 Å². The highest BCUT2D eigenvalue weighted by Gasteiger charge is 2.39. The minimum absolute atomic E-state index is 0.0318. The van der Waals surface area contributed by atoms with E-state index >= 15 is 0 Å². The van der Waals surface area contributed by atoms with Gasteiger partial charge in [-0.15, -0.1) is 0 Å². The van der Waals surface area contributed by atoms with Crippen LogP contribution < -0.4 is 5.73 Å². The second-order valence-electron chi connectivity index (χ2n) is 5.94. The third-order valence-electron chi connectivity index (χ3n) is 4.80. The lowest BCUT2D eigenvalue weighted by Crippen LogP contribution is -2.19. The fraction of sp³-hybridized carbons (Fsp3) is 0.600. The zero-order valence-corrected chi connectivity index (χ0v) is 12.0. The van der Waals surface area contributed by atoms with Crippen LogP contribution in [-0.4, -0.2) is 0 Å². The Kier molecular flexibility index (Phi) is 3.46. The van der Waals surface area contributed by atoms with Gasteiger partial charge in [0.05, 0.1) is 0 Å². The summed E-state index contributed by atoms with van der Waals surface area (Å²) in [6.45, 7) is 0. The lowest BCUT2D eigenvalue weighted by Gasteiger charge is -2.25. The molecule has 0 aromatic heterocycles. The summed E-state index contributed by atoms with van der Waals surface area (Å²) in [4.78, 5) is 0. The maximum atomic E-state index is 13.1. The van der Waals surface area contributed by atoms with Gasteiger partial charge in [-0.25, -0.2) is 4.39 Å². The Morgan fingerprint density at radius 3 is 2.78 bits per heavy atom. The van der Waals surface area contributed by atoms with Crippen LogP contribution in [0.5, 0.6) is 0 Å². The third-order valence-corrected chi connectivity index (χ3v) is 5.49. The van der Waals surface area contributed by atoms with Crippen molar-refractivity contribution < 1.29 is 4.39 Å². The van der Waals surface area contributed by atoms with Crippen LogP contribution in [0.4, 0.5) is 4.39 Å². The highest BCUT2D eigenvalue weighted by atomic mass is 79.9. The van der Waals surface area contributed by atoms with E-state index in [-0.39, 0.29) is 11.9 Å². The topological polar surface area (TPSA) is 26.0 Å². The molecule has 2 bridgehead atoms. The Balaban J connectivity index is 1.69. The van der Waals surface area contributed by atoms with Gasteiger partial charge in [0.15, 0.2) is 0 Å². The SMILES string of the molecule is NC(CC1CC2CCC1C2)c1ccc(F)cc1Br. The van der Waals surface area contributed by atoms with Gasteiger partial charge >= 0.3 is 0 Å². The molecule has 0 radical (unpaired) electrons.